The average Bonchev–Trinajstić information content (AvgIpc) is 3.40. The van der Waals surface area contributed by atoms with Crippen molar-refractivity contribution in [2.24, 2.45) is 0 Å². The molecule has 0 saturated heterocycles. The molecule has 0 aliphatic rings. The van der Waals surface area contributed by atoms with Gasteiger partial charge in [-0.25, -0.2) is 0 Å². The summed E-state index contributed by atoms with van der Waals surface area (Å²) >= 11 is 1.63. The fourth-order valence-electron chi connectivity index (χ4n) is 3.33. The lowest BCUT2D eigenvalue weighted by atomic mass is 10.1. The summed E-state index contributed by atoms with van der Waals surface area (Å²) in [5, 5.41) is 21.8. The van der Waals surface area contributed by atoms with Crippen molar-refractivity contribution in [3.8, 4) is 11.4 Å². The van der Waals surface area contributed by atoms with Crippen LogP contribution in [0.2, 0.25) is 0 Å². The van der Waals surface area contributed by atoms with E-state index in [0.717, 1.165) is 39.5 Å². The molecular formula is C20H17N5OS. The van der Waals surface area contributed by atoms with Crippen LogP contribution in [0.1, 0.15) is 24.3 Å². The molecule has 0 radical (unpaired) electrons. The second kappa shape index (κ2) is 6.21. The van der Waals surface area contributed by atoms with E-state index in [9.17, 15) is 0 Å². The third-order valence-corrected chi connectivity index (χ3v) is 5.36. The summed E-state index contributed by atoms with van der Waals surface area (Å²) in [5.41, 5.74) is 3.78. The van der Waals surface area contributed by atoms with Crippen molar-refractivity contribution in [3.05, 3.63) is 64.5 Å². The number of hydrogen-bond donors (Lipinski definition) is 1. The van der Waals surface area contributed by atoms with E-state index in [1.54, 1.807) is 15.9 Å². The molecule has 27 heavy (non-hydrogen) atoms. The van der Waals surface area contributed by atoms with Crippen molar-refractivity contribution in [1.82, 2.24) is 19.8 Å². The van der Waals surface area contributed by atoms with E-state index in [1.807, 2.05) is 47.2 Å². The SMILES string of the molecule is Cc1c([C@H](C)Nc2ccc3nnc(-c4ccsc4)n3n2)oc2ccccc12. The fourth-order valence-corrected chi connectivity index (χ4v) is 3.97. The molecule has 0 aliphatic heterocycles. The van der Waals surface area contributed by atoms with E-state index in [4.69, 9.17) is 4.42 Å². The molecule has 4 aromatic heterocycles. The molecule has 134 valence electrons. The predicted molar refractivity (Wildman–Crippen MR) is 107 cm³/mol. The summed E-state index contributed by atoms with van der Waals surface area (Å²) in [6.45, 7) is 4.16. The van der Waals surface area contributed by atoms with Gasteiger partial charge in [-0.1, -0.05) is 18.2 Å². The van der Waals surface area contributed by atoms with Crippen LogP contribution in [-0.4, -0.2) is 19.8 Å². The molecule has 5 aromatic rings. The molecule has 7 heteroatoms. The van der Waals surface area contributed by atoms with Crippen molar-refractivity contribution in [2.45, 2.75) is 19.9 Å². The Balaban J connectivity index is 1.50. The summed E-state index contributed by atoms with van der Waals surface area (Å²) in [7, 11) is 0. The number of aryl methyl sites for hydroxylation is 1. The largest absolute Gasteiger partial charge is 0.459 e. The Labute approximate surface area is 159 Å². The number of benzene rings is 1. The van der Waals surface area contributed by atoms with Crippen LogP contribution in [0.25, 0.3) is 28.0 Å². The third-order valence-electron chi connectivity index (χ3n) is 4.68. The topological polar surface area (TPSA) is 68.2 Å². The van der Waals surface area contributed by atoms with Gasteiger partial charge >= 0.3 is 0 Å². The van der Waals surface area contributed by atoms with Crippen LogP contribution in [0.5, 0.6) is 0 Å². The van der Waals surface area contributed by atoms with Crippen LogP contribution in [0.4, 0.5) is 5.82 Å². The van der Waals surface area contributed by atoms with Gasteiger partial charge in [-0.2, -0.15) is 15.9 Å². The van der Waals surface area contributed by atoms with Gasteiger partial charge in [-0.05, 0) is 43.5 Å². The monoisotopic (exact) mass is 375 g/mol. The first-order chi connectivity index (χ1) is 13.2. The molecule has 1 aromatic carbocycles. The summed E-state index contributed by atoms with van der Waals surface area (Å²) in [6.07, 6.45) is 0. The minimum atomic E-state index is -0.0246. The Kier molecular flexibility index (Phi) is 3.68. The third kappa shape index (κ3) is 2.67. The van der Waals surface area contributed by atoms with E-state index in [1.165, 1.54) is 0 Å². The number of para-hydroxylation sites is 1. The smallest absolute Gasteiger partial charge is 0.186 e. The fraction of sp³-hybridized carbons (Fsp3) is 0.150. The molecule has 1 N–H and O–H groups in total. The standard InChI is InChI=1S/C20H17N5OS/c1-12-15-5-3-4-6-16(15)26-19(12)13(2)21-17-7-8-18-22-23-20(25(18)24-17)14-9-10-27-11-14/h3-11,13H,1-2H3,(H,21,24)/t13-/m0/s1. The van der Waals surface area contributed by atoms with Crippen molar-refractivity contribution in [2.75, 3.05) is 5.32 Å². The predicted octanol–water partition coefficient (Wildman–Crippen LogP) is 5.08. The van der Waals surface area contributed by atoms with E-state index in [0.29, 0.717) is 5.65 Å². The summed E-state index contributed by atoms with van der Waals surface area (Å²) in [5.74, 6) is 2.40. The van der Waals surface area contributed by atoms with Gasteiger partial charge in [0.25, 0.3) is 0 Å². The molecule has 0 fully saturated rings. The Morgan fingerprint density at radius 2 is 2.00 bits per heavy atom. The summed E-state index contributed by atoms with van der Waals surface area (Å²) in [4.78, 5) is 0. The molecule has 1 atom stereocenters. The lowest BCUT2D eigenvalue weighted by Gasteiger charge is -2.13. The number of hydrogen-bond acceptors (Lipinski definition) is 6. The Bertz CT molecular complexity index is 1240. The minimum absolute atomic E-state index is 0.0246. The maximum absolute atomic E-state index is 6.07. The first kappa shape index (κ1) is 16.0. The first-order valence-corrected chi connectivity index (χ1v) is 9.64. The number of nitrogens with one attached hydrogen (secondary N) is 1. The zero-order valence-electron chi connectivity index (χ0n) is 14.9. The molecule has 0 saturated carbocycles. The van der Waals surface area contributed by atoms with Crippen molar-refractivity contribution >= 4 is 33.8 Å². The Hall–Kier alpha value is -3.19. The maximum atomic E-state index is 6.07. The summed E-state index contributed by atoms with van der Waals surface area (Å²) < 4.78 is 7.83. The highest BCUT2D eigenvalue weighted by Gasteiger charge is 2.17. The highest BCUT2D eigenvalue weighted by atomic mass is 32.1. The number of furan rings is 1. The van der Waals surface area contributed by atoms with E-state index >= 15 is 0 Å². The minimum Gasteiger partial charge on any atom is -0.459 e. The number of nitrogens with zero attached hydrogens (tertiary/aromatic N) is 4. The van der Waals surface area contributed by atoms with Gasteiger partial charge in [0.1, 0.15) is 17.2 Å². The maximum Gasteiger partial charge on any atom is 0.186 e. The number of fused-ring (bicyclic) bond motifs is 2. The molecule has 0 unspecified atom stereocenters. The normalized spacial score (nSPS) is 12.7. The number of rotatable bonds is 4. The summed E-state index contributed by atoms with van der Waals surface area (Å²) in [6, 6.07) is 13.9. The van der Waals surface area contributed by atoms with E-state index < -0.39 is 0 Å². The van der Waals surface area contributed by atoms with Gasteiger partial charge in [-0.3, -0.25) is 0 Å². The number of thiophene rings is 1. The van der Waals surface area contributed by atoms with Gasteiger partial charge in [0.15, 0.2) is 11.5 Å². The molecule has 0 amide bonds. The van der Waals surface area contributed by atoms with Crippen LogP contribution in [0.15, 0.2) is 57.6 Å². The van der Waals surface area contributed by atoms with Crippen LogP contribution >= 0.6 is 11.3 Å². The van der Waals surface area contributed by atoms with Crippen molar-refractivity contribution < 1.29 is 4.42 Å². The van der Waals surface area contributed by atoms with Crippen molar-refractivity contribution in [1.29, 1.82) is 0 Å². The lowest BCUT2D eigenvalue weighted by molar-refractivity contribution is 0.521. The number of anilines is 1. The average molecular weight is 375 g/mol. The van der Waals surface area contributed by atoms with Gasteiger partial charge in [-0.15, -0.1) is 15.3 Å². The van der Waals surface area contributed by atoms with Crippen LogP contribution in [0, 0.1) is 6.92 Å². The van der Waals surface area contributed by atoms with Crippen LogP contribution < -0.4 is 5.32 Å². The van der Waals surface area contributed by atoms with Gasteiger partial charge in [0.2, 0.25) is 0 Å². The van der Waals surface area contributed by atoms with Gasteiger partial charge < -0.3 is 9.73 Å². The second-order valence-electron chi connectivity index (χ2n) is 6.48. The van der Waals surface area contributed by atoms with Crippen LogP contribution in [0.3, 0.4) is 0 Å². The Morgan fingerprint density at radius 3 is 2.81 bits per heavy atom. The highest BCUT2D eigenvalue weighted by molar-refractivity contribution is 7.08. The molecule has 0 spiro atoms. The van der Waals surface area contributed by atoms with Gasteiger partial charge in [0, 0.05) is 21.9 Å². The molecule has 4 heterocycles. The van der Waals surface area contributed by atoms with Crippen LogP contribution in [-0.2, 0) is 0 Å². The molecule has 6 nitrogen and oxygen atoms in total. The zero-order chi connectivity index (χ0) is 18.4. The molecule has 0 bridgehead atoms. The molecular weight excluding hydrogens is 358 g/mol. The van der Waals surface area contributed by atoms with E-state index in [-0.39, 0.29) is 6.04 Å². The lowest BCUT2D eigenvalue weighted by Crippen LogP contribution is -2.10. The zero-order valence-corrected chi connectivity index (χ0v) is 15.7. The van der Waals surface area contributed by atoms with E-state index in [2.05, 4.69) is 40.5 Å². The highest BCUT2D eigenvalue weighted by Crippen LogP contribution is 2.31. The van der Waals surface area contributed by atoms with Crippen molar-refractivity contribution in [3.63, 3.8) is 0 Å². The molecule has 0 aliphatic carbocycles. The number of aromatic nitrogens is 4. The Morgan fingerprint density at radius 1 is 1.11 bits per heavy atom. The quantitative estimate of drug-likeness (QED) is 0.474. The first-order valence-electron chi connectivity index (χ1n) is 8.70. The van der Waals surface area contributed by atoms with Gasteiger partial charge in [0.05, 0.1) is 6.04 Å². The molecule has 5 rings (SSSR count). The second-order valence-corrected chi connectivity index (χ2v) is 7.26.